The number of hydrogen-bond donors (Lipinski definition) is 12. The summed E-state index contributed by atoms with van der Waals surface area (Å²) in [6.07, 6.45) is 0. The predicted octanol–water partition coefficient (Wildman–Crippen LogP) is -7.58. The average Bonchev–Trinajstić information content (AvgIpc) is 1.94. The molecular weight excluding hydrogens is 927 g/mol. The molecule has 0 aromatic heterocycles. The van der Waals surface area contributed by atoms with Crippen molar-refractivity contribution in [2.24, 2.45) is 0 Å². The van der Waals surface area contributed by atoms with Gasteiger partial charge in [-0.15, -0.1) is 0 Å². The Kier molecular flexibility index (Phi) is 61.3. The predicted molar refractivity (Wildman–Crippen MR) is 119 cm³/mol. The van der Waals surface area contributed by atoms with Gasteiger partial charge in [0.15, 0.2) is 0 Å². The summed E-state index contributed by atoms with van der Waals surface area (Å²) in [5.41, 5.74) is 0. The summed E-state index contributed by atoms with van der Waals surface area (Å²) in [7, 11) is -28.0. The van der Waals surface area contributed by atoms with Crippen molar-refractivity contribution >= 4 is 244 Å². The third-order valence-electron chi connectivity index (χ3n) is 0. The third-order valence-corrected chi connectivity index (χ3v) is 0. The molecule has 0 aliphatic heterocycles. The van der Waals surface area contributed by atoms with Crippen LogP contribution in [0.3, 0.4) is 0 Å². The van der Waals surface area contributed by atoms with E-state index in [4.69, 9.17) is 105 Å². The second kappa shape index (κ2) is 31.1. The number of hydrogen-bond acceptors (Lipinski definition) is 12. The topological polar surface area (TPSA) is 448 Å². The van der Waals surface area contributed by atoms with Gasteiger partial charge in [-0.05, 0) is 0 Å². The molecule has 0 unspecified atom stereocenters. The summed E-state index contributed by atoms with van der Waals surface area (Å²) in [5, 5.41) is 0. The maximum absolute atomic E-state index is 8.74. The van der Waals surface area contributed by atoms with E-state index >= 15 is 0 Å². The summed E-state index contributed by atoms with van der Waals surface area (Å²) in [4.78, 5) is 0. The summed E-state index contributed by atoms with van der Waals surface area (Å²) in [5.74, 6) is 0. The standard InChI is InChI=1S/6H2O4S.4Sr.8H/c6*1-5(2,3)4;;;;;;;;;;;;/h6*(H2,1,2,3,4);;;;;;;;;;;;. The Balaban J connectivity index is -0.0000000248. The molecule has 208 valence electrons. The molecule has 0 spiro atoms. The monoisotopic (exact) mass is 947 g/mol. The fraction of sp³-hybridized carbons (Fsp3) is 0. The van der Waals surface area contributed by atoms with Crippen molar-refractivity contribution in [3.8, 4) is 0 Å². The summed E-state index contributed by atoms with van der Waals surface area (Å²) in [6.45, 7) is 0. The molecular formula is H20O24S6Sr4. The zero-order chi connectivity index (χ0) is 27.0. The average molecular weight is 947 g/mol. The first kappa shape index (κ1) is 67.1. The van der Waals surface area contributed by atoms with Gasteiger partial charge in [0, 0.05) is 0 Å². The van der Waals surface area contributed by atoms with Crippen molar-refractivity contribution in [2.45, 2.75) is 0 Å². The van der Waals surface area contributed by atoms with E-state index < -0.39 is 62.4 Å². The second-order valence-electron chi connectivity index (χ2n) is 2.69. The molecule has 0 amide bonds. The molecule has 0 saturated carbocycles. The molecule has 12 N–H and O–H groups in total. The van der Waals surface area contributed by atoms with Crippen LogP contribution in [0.1, 0.15) is 0 Å². The Hall–Kier alpha value is 5.14. The SMILES string of the molecule is O=S(=O)(O)O.O=S(=O)(O)O.O=S(=O)(O)O.O=S(=O)(O)O.O=S(=O)(O)O.O=S(=O)(O)O.[SrH2].[SrH2].[SrH2].[SrH2]. The van der Waals surface area contributed by atoms with Gasteiger partial charge in [-0.2, -0.15) is 50.5 Å². The van der Waals surface area contributed by atoms with Crippen LogP contribution in [0.2, 0.25) is 0 Å². The molecule has 34 heavy (non-hydrogen) atoms. The van der Waals surface area contributed by atoms with E-state index in [1.165, 1.54) is 0 Å². The van der Waals surface area contributed by atoms with Gasteiger partial charge in [0.25, 0.3) is 0 Å². The zero-order valence-corrected chi connectivity index (χ0v) is 17.6. The van der Waals surface area contributed by atoms with Crippen molar-refractivity contribution in [3.05, 3.63) is 0 Å². The van der Waals surface area contributed by atoms with Crippen LogP contribution in [0, 0.1) is 0 Å². The van der Waals surface area contributed by atoms with E-state index in [9.17, 15) is 0 Å². The molecule has 0 bridgehead atoms. The molecule has 0 heterocycles. The fourth-order valence-corrected chi connectivity index (χ4v) is 0. The van der Waals surface area contributed by atoms with Crippen molar-refractivity contribution in [1.82, 2.24) is 0 Å². The Bertz CT molecular complexity index is 771. The van der Waals surface area contributed by atoms with Crippen LogP contribution in [-0.4, -0.2) is 287 Å². The van der Waals surface area contributed by atoms with Crippen molar-refractivity contribution in [2.75, 3.05) is 0 Å². The van der Waals surface area contributed by atoms with Crippen LogP contribution in [0.5, 0.6) is 0 Å². The first-order chi connectivity index (χ1) is 12.0. The Labute approximate surface area is 341 Å². The van der Waals surface area contributed by atoms with E-state index in [0.717, 1.165) is 0 Å². The van der Waals surface area contributed by atoms with Gasteiger partial charge in [-0.3, -0.25) is 54.6 Å². The van der Waals surface area contributed by atoms with Gasteiger partial charge in [-0.25, -0.2) is 0 Å². The zero-order valence-electron chi connectivity index (χ0n) is 12.7. The Morgan fingerprint density at radius 1 is 0.206 bits per heavy atom. The van der Waals surface area contributed by atoms with Crippen LogP contribution < -0.4 is 0 Å². The van der Waals surface area contributed by atoms with Gasteiger partial charge in [-0.1, -0.05) is 0 Å². The van der Waals surface area contributed by atoms with E-state index in [2.05, 4.69) is 0 Å². The molecule has 24 nitrogen and oxygen atoms in total. The Morgan fingerprint density at radius 3 is 0.206 bits per heavy atom. The van der Waals surface area contributed by atoms with Crippen LogP contribution in [-0.2, 0) is 62.4 Å². The Morgan fingerprint density at radius 2 is 0.206 bits per heavy atom. The van der Waals surface area contributed by atoms with Crippen molar-refractivity contribution in [3.63, 3.8) is 0 Å². The van der Waals surface area contributed by atoms with Crippen LogP contribution in [0.25, 0.3) is 0 Å². The first-order valence-electron chi connectivity index (χ1n) is 4.19. The molecule has 0 fully saturated rings. The molecule has 0 aromatic rings. The molecule has 0 aliphatic rings. The summed E-state index contributed by atoms with van der Waals surface area (Å²) in [6, 6.07) is 0. The van der Waals surface area contributed by atoms with Crippen LogP contribution in [0.4, 0.5) is 0 Å². The normalized spacial score (nSPS) is 10.2. The van der Waals surface area contributed by atoms with Crippen molar-refractivity contribution in [1.29, 1.82) is 0 Å². The summed E-state index contributed by atoms with van der Waals surface area (Å²) < 4.78 is 190. The van der Waals surface area contributed by atoms with Gasteiger partial charge >= 0.3 is 244 Å². The molecule has 0 rings (SSSR count). The van der Waals surface area contributed by atoms with Gasteiger partial charge in [0.1, 0.15) is 0 Å². The molecule has 0 saturated heterocycles. The fourth-order valence-electron chi connectivity index (χ4n) is 0. The third kappa shape index (κ3) is 1830. The van der Waals surface area contributed by atoms with Gasteiger partial charge < -0.3 is 0 Å². The van der Waals surface area contributed by atoms with Gasteiger partial charge in [0.05, 0.1) is 0 Å². The van der Waals surface area contributed by atoms with E-state index in [0.29, 0.717) is 0 Å². The summed E-state index contributed by atoms with van der Waals surface area (Å²) >= 11 is 0. The molecule has 0 atom stereocenters. The second-order valence-corrected chi connectivity index (χ2v) is 8.06. The van der Waals surface area contributed by atoms with E-state index in [-0.39, 0.29) is 182 Å². The maximum atomic E-state index is 8.74. The van der Waals surface area contributed by atoms with Crippen LogP contribution >= 0.6 is 0 Å². The molecule has 0 aliphatic carbocycles. The molecule has 0 aromatic carbocycles. The molecule has 34 heteroatoms. The van der Waals surface area contributed by atoms with E-state index in [1.807, 2.05) is 0 Å². The quantitative estimate of drug-likeness (QED) is 0.0793. The number of rotatable bonds is 0. The minimum absolute atomic E-state index is 0. The first-order valence-corrected chi connectivity index (χ1v) is 12.6. The van der Waals surface area contributed by atoms with Crippen molar-refractivity contribution < 1.29 is 105 Å². The molecule has 0 radical (unpaired) electrons. The van der Waals surface area contributed by atoms with Crippen LogP contribution in [0.15, 0.2) is 0 Å². The van der Waals surface area contributed by atoms with Gasteiger partial charge in [0.2, 0.25) is 0 Å². The minimum atomic E-state index is -4.67. The van der Waals surface area contributed by atoms with E-state index in [1.54, 1.807) is 0 Å².